The molecule has 2 aromatic carbocycles. The quantitative estimate of drug-likeness (QED) is 0.712. The molecule has 0 aliphatic carbocycles. The normalized spacial score (nSPS) is 12.3. The van der Waals surface area contributed by atoms with Crippen LogP contribution in [0.3, 0.4) is 0 Å². The summed E-state index contributed by atoms with van der Waals surface area (Å²) in [5, 5.41) is 14.3. The van der Waals surface area contributed by atoms with Gasteiger partial charge in [-0.15, -0.1) is 5.11 Å². The molecule has 0 saturated carbocycles. The van der Waals surface area contributed by atoms with Crippen molar-refractivity contribution in [2.45, 2.75) is 18.7 Å². The van der Waals surface area contributed by atoms with Crippen molar-refractivity contribution in [2.75, 3.05) is 0 Å². The van der Waals surface area contributed by atoms with E-state index in [0.29, 0.717) is 10.9 Å². The van der Waals surface area contributed by atoms with E-state index >= 15 is 0 Å². The number of aromatic hydroxyl groups is 1. The van der Waals surface area contributed by atoms with E-state index in [1.165, 1.54) is 12.1 Å². The Morgan fingerprint density at radius 3 is 2.43 bits per heavy atom. The number of hydrogen-bond donors (Lipinski definition) is 2. The summed E-state index contributed by atoms with van der Waals surface area (Å²) >= 11 is 0. The van der Waals surface area contributed by atoms with Gasteiger partial charge in [-0.05, 0) is 31.5 Å². The molecule has 0 spiro atoms. The Morgan fingerprint density at radius 1 is 1.04 bits per heavy atom. The maximum Gasteiger partial charge on any atom is 0.299 e. The number of aromatic nitrogens is 1. The summed E-state index contributed by atoms with van der Waals surface area (Å²) in [4.78, 5) is 2.84. The van der Waals surface area contributed by atoms with Crippen molar-refractivity contribution < 1.29 is 13.5 Å². The molecule has 23 heavy (non-hydrogen) atoms. The number of H-pyrrole nitrogens is 1. The van der Waals surface area contributed by atoms with Crippen LogP contribution in [-0.2, 0) is 10.0 Å². The lowest BCUT2D eigenvalue weighted by atomic mass is 10.1. The van der Waals surface area contributed by atoms with E-state index in [-0.39, 0.29) is 16.5 Å². The molecule has 0 aliphatic rings. The Bertz CT molecular complexity index is 1000. The van der Waals surface area contributed by atoms with Gasteiger partial charge in [0.2, 0.25) is 5.88 Å². The van der Waals surface area contributed by atoms with Crippen LogP contribution in [0, 0.1) is 13.8 Å². The number of para-hydroxylation sites is 1. The third-order valence-electron chi connectivity index (χ3n) is 3.56. The van der Waals surface area contributed by atoms with Gasteiger partial charge in [-0.2, -0.15) is 8.42 Å². The number of nitrogens with zero attached hydrogens (tertiary/aromatic N) is 2. The van der Waals surface area contributed by atoms with Crippen LogP contribution in [0.15, 0.2) is 57.0 Å². The number of hydrogen-bond acceptors (Lipinski definition) is 4. The summed E-state index contributed by atoms with van der Waals surface area (Å²) in [6.07, 6.45) is 0. The summed E-state index contributed by atoms with van der Waals surface area (Å²) in [5.41, 5.74) is 2.68. The van der Waals surface area contributed by atoms with E-state index in [2.05, 4.69) is 14.6 Å². The van der Waals surface area contributed by atoms with Gasteiger partial charge in [0.1, 0.15) is 0 Å². The van der Waals surface area contributed by atoms with Gasteiger partial charge in [0, 0.05) is 5.39 Å². The van der Waals surface area contributed by atoms with E-state index in [9.17, 15) is 13.5 Å². The molecule has 1 aromatic heterocycles. The zero-order chi connectivity index (χ0) is 16.6. The zero-order valence-corrected chi connectivity index (χ0v) is 13.4. The number of sulfonamides is 1. The van der Waals surface area contributed by atoms with Gasteiger partial charge in [0.15, 0.2) is 5.69 Å². The van der Waals surface area contributed by atoms with E-state index in [1.54, 1.807) is 24.3 Å². The number of fused-ring (bicyclic) bond motifs is 1. The molecule has 2 N–H and O–H groups in total. The third kappa shape index (κ3) is 2.83. The Morgan fingerprint density at radius 2 is 1.74 bits per heavy atom. The van der Waals surface area contributed by atoms with Gasteiger partial charge in [-0.3, -0.25) is 0 Å². The molecule has 6 nitrogen and oxygen atoms in total. The van der Waals surface area contributed by atoms with E-state index < -0.39 is 10.0 Å². The minimum Gasteiger partial charge on any atom is -0.493 e. The maximum atomic E-state index is 12.2. The van der Waals surface area contributed by atoms with Crippen molar-refractivity contribution in [3.8, 4) is 5.88 Å². The molecule has 0 amide bonds. The van der Waals surface area contributed by atoms with Crippen molar-refractivity contribution in [1.82, 2.24) is 4.98 Å². The summed E-state index contributed by atoms with van der Waals surface area (Å²) in [5.74, 6) is -0.211. The summed E-state index contributed by atoms with van der Waals surface area (Å²) in [7, 11) is -3.92. The molecule has 3 aromatic rings. The average Bonchev–Trinajstić information content (AvgIpc) is 2.83. The maximum absolute atomic E-state index is 12.2. The van der Waals surface area contributed by atoms with Crippen molar-refractivity contribution in [1.29, 1.82) is 0 Å². The zero-order valence-electron chi connectivity index (χ0n) is 12.6. The fourth-order valence-corrected chi connectivity index (χ4v) is 3.05. The van der Waals surface area contributed by atoms with Crippen molar-refractivity contribution in [3.63, 3.8) is 0 Å². The van der Waals surface area contributed by atoms with Crippen LogP contribution in [0.4, 0.5) is 5.69 Å². The van der Waals surface area contributed by atoms with E-state index in [1.807, 2.05) is 19.9 Å². The van der Waals surface area contributed by atoms with Gasteiger partial charge in [0.05, 0.1) is 10.4 Å². The van der Waals surface area contributed by atoms with Crippen LogP contribution >= 0.6 is 0 Å². The largest absolute Gasteiger partial charge is 0.493 e. The van der Waals surface area contributed by atoms with Crippen LogP contribution in [0.25, 0.3) is 10.9 Å². The molecular formula is C16H15N3O3S. The minimum absolute atomic E-state index is 0.0577. The molecule has 0 fully saturated rings. The number of aryl methyl sites for hydroxylation is 2. The Balaban J connectivity index is 2.05. The van der Waals surface area contributed by atoms with Crippen molar-refractivity contribution in [3.05, 3.63) is 53.6 Å². The first-order chi connectivity index (χ1) is 10.9. The third-order valence-corrected chi connectivity index (χ3v) is 4.73. The smallest absolute Gasteiger partial charge is 0.299 e. The molecule has 1 heterocycles. The van der Waals surface area contributed by atoms with Gasteiger partial charge < -0.3 is 10.1 Å². The summed E-state index contributed by atoms with van der Waals surface area (Å²) < 4.78 is 27.9. The lowest BCUT2D eigenvalue weighted by Crippen LogP contribution is -1.95. The molecule has 3 rings (SSSR count). The van der Waals surface area contributed by atoms with Crippen LogP contribution in [0.1, 0.15) is 11.1 Å². The Labute approximate surface area is 133 Å². The van der Waals surface area contributed by atoms with Crippen LogP contribution in [0.2, 0.25) is 0 Å². The minimum atomic E-state index is -3.92. The summed E-state index contributed by atoms with van der Waals surface area (Å²) in [6, 6.07) is 11.8. The number of benzene rings is 2. The van der Waals surface area contributed by atoms with Gasteiger partial charge in [-0.1, -0.05) is 40.4 Å². The average molecular weight is 329 g/mol. The van der Waals surface area contributed by atoms with E-state index in [0.717, 1.165) is 11.1 Å². The molecule has 118 valence electrons. The summed E-state index contributed by atoms with van der Waals surface area (Å²) in [6.45, 7) is 3.74. The predicted octanol–water partition coefficient (Wildman–Crippen LogP) is 3.96. The molecule has 0 bridgehead atoms. The highest BCUT2D eigenvalue weighted by Crippen LogP contribution is 2.37. The highest BCUT2D eigenvalue weighted by molar-refractivity contribution is 7.90. The standard InChI is InChI=1S/C16H15N3O3S/c1-10-6-8-12(9-7-10)23(21,22)19-18-15-13-5-3-4-11(2)14(13)17-16(15)20/h3-9,17,20H,1-2H3. The number of rotatable bonds is 3. The first-order valence-electron chi connectivity index (χ1n) is 6.93. The van der Waals surface area contributed by atoms with Gasteiger partial charge in [0.25, 0.3) is 10.0 Å². The van der Waals surface area contributed by atoms with Gasteiger partial charge in [-0.25, -0.2) is 0 Å². The Hall–Kier alpha value is -2.67. The molecule has 0 radical (unpaired) electrons. The predicted molar refractivity (Wildman–Crippen MR) is 87.6 cm³/mol. The molecule has 0 atom stereocenters. The lowest BCUT2D eigenvalue weighted by molar-refractivity contribution is 0.459. The highest BCUT2D eigenvalue weighted by atomic mass is 32.2. The highest BCUT2D eigenvalue weighted by Gasteiger charge is 2.15. The van der Waals surface area contributed by atoms with Crippen molar-refractivity contribution >= 4 is 26.6 Å². The number of nitrogens with one attached hydrogen (secondary N) is 1. The fourth-order valence-electron chi connectivity index (χ4n) is 2.29. The lowest BCUT2D eigenvalue weighted by Gasteiger charge is -1.98. The SMILES string of the molecule is Cc1ccc(S(=O)(=O)N=Nc2c(O)[nH]c3c(C)cccc23)cc1. The molecule has 0 saturated heterocycles. The second kappa shape index (κ2) is 5.51. The first-order valence-corrected chi connectivity index (χ1v) is 8.37. The molecular weight excluding hydrogens is 314 g/mol. The molecule has 0 unspecified atom stereocenters. The topological polar surface area (TPSA) is 94.9 Å². The second-order valence-corrected chi connectivity index (χ2v) is 6.87. The molecule has 0 aliphatic heterocycles. The fraction of sp³-hybridized carbons (Fsp3) is 0.125. The van der Waals surface area contributed by atoms with Crippen molar-refractivity contribution in [2.24, 2.45) is 9.63 Å². The van der Waals surface area contributed by atoms with E-state index in [4.69, 9.17) is 0 Å². The molecule has 7 heteroatoms. The second-order valence-electron chi connectivity index (χ2n) is 5.29. The van der Waals surface area contributed by atoms with Crippen LogP contribution < -0.4 is 0 Å². The van der Waals surface area contributed by atoms with Crippen LogP contribution in [-0.4, -0.2) is 18.5 Å². The first kappa shape index (κ1) is 15.2. The van der Waals surface area contributed by atoms with Crippen LogP contribution in [0.5, 0.6) is 5.88 Å². The van der Waals surface area contributed by atoms with Gasteiger partial charge >= 0.3 is 0 Å². The monoisotopic (exact) mass is 329 g/mol. The number of aromatic amines is 1. The Kier molecular flexibility index (Phi) is 3.65.